The molecule has 0 atom stereocenters. The Balaban J connectivity index is 1.93. The summed E-state index contributed by atoms with van der Waals surface area (Å²) in [6.07, 6.45) is 2.88. The maximum atomic E-state index is 11.9. The predicted octanol–water partition coefficient (Wildman–Crippen LogP) is 2.20. The van der Waals surface area contributed by atoms with Gasteiger partial charge in [-0.25, -0.2) is 4.79 Å². The number of benzene rings is 1. The highest BCUT2D eigenvalue weighted by atomic mass is 16.5. The van der Waals surface area contributed by atoms with E-state index in [1.54, 1.807) is 6.92 Å². The summed E-state index contributed by atoms with van der Waals surface area (Å²) in [6.45, 7) is 7.68. The molecule has 22 heavy (non-hydrogen) atoms. The molecule has 0 bridgehead atoms. The predicted molar refractivity (Wildman–Crippen MR) is 83.9 cm³/mol. The van der Waals surface area contributed by atoms with Crippen molar-refractivity contribution in [3.05, 3.63) is 42.1 Å². The van der Waals surface area contributed by atoms with Crippen LogP contribution in [0.4, 0.5) is 5.69 Å². The summed E-state index contributed by atoms with van der Waals surface area (Å²) >= 11 is 0. The van der Waals surface area contributed by atoms with Gasteiger partial charge in [0, 0.05) is 24.3 Å². The molecule has 1 aliphatic rings. The number of nitrogens with zero attached hydrogens (tertiary/aromatic N) is 3. The number of nitrogens with one attached hydrogen (secondary N) is 1. The number of esters is 1. The maximum Gasteiger partial charge on any atom is 0.361 e. The number of rotatable bonds is 5. The second kappa shape index (κ2) is 6.01. The molecule has 0 saturated carbocycles. The van der Waals surface area contributed by atoms with Gasteiger partial charge in [-0.05, 0) is 31.0 Å². The Hall–Kier alpha value is -2.63. The van der Waals surface area contributed by atoms with Crippen LogP contribution < -0.4 is 4.90 Å². The Morgan fingerprint density at radius 2 is 2.36 bits per heavy atom. The number of aromatic nitrogens is 3. The van der Waals surface area contributed by atoms with Crippen LogP contribution in [0.25, 0.3) is 11.3 Å². The molecular weight excluding hydrogens is 280 g/mol. The minimum atomic E-state index is -0.458. The molecule has 0 fully saturated rings. The molecule has 0 radical (unpaired) electrons. The minimum Gasteiger partial charge on any atom is -0.461 e. The van der Waals surface area contributed by atoms with E-state index in [0.717, 1.165) is 25.1 Å². The molecule has 6 nitrogen and oxygen atoms in total. The van der Waals surface area contributed by atoms with Crippen molar-refractivity contribution in [1.29, 1.82) is 0 Å². The molecule has 2 aromatic rings. The Bertz CT molecular complexity index is 708. The summed E-state index contributed by atoms with van der Waals surface area (Å²) in [5, 5.41) is 10.5. The van der Waals surface area contributed by atoms with Crippen molar-refractivity contribution in [3.8, 4) is 11.3 Å². The van der Waals surface area contributed by atoms with Crippen LogP contribution in [0.3, 0.4) is 0 Å². The van der Waals surface area contributed by atoms with E-state index >= 15 is 0 Å². The number of anilines is 1. The summed E-state index contributed by atoms with van der Waals surface area (Å²) < 4.78 is 5.01. The molecule has 1 aliphatic heterocycles. The third-order valence-corrected chi connectivity index (χ3v) is 3.71. The molecule has 3 rings (SSSR count). The van der Waals surface area contributed by atoms with Crippen molar-refractivity contribution >= 4 is 11.7 Å². The SMILES string of the molecule is C=CCN1CCc2cc(-c3n[nH]nc3C(=O)OCC)ccc21. The highest BCUT2D eigenvalue weighted by molar-refractivity contribution is 5.94. The average molecular weight is 298 g/mol. The van der Waals surface area contributed by atoms with Gasteiger partial charge in [-0.2, -0.15) is 10.3 Å². The number of aromatic amines is 1. The lowest BCUT2D eigenvalue weighted by atomic mass is 10.0. The van der Waals surface area contributed by atoms with Crippen molar-refractivity contribution in [2.45, 2.75) is 13.3 Å². The Labute approximate surface area is 128 Å². The number of fused-ring (bicyclic) bond motifs is 1. The molecule has 114 valence electrons. The Morgan fingerprint density at radius 1 is 1.50 bits per heavy atom. The smallest absolute Gasteiger partial charge is 0.361 e. The normalized spacial score (nSPS) is 13.0. The highest BCUT2D eigenvalue weighted by Crippen LogP contribution is 2.32. The van der Waals surface area contributed by atoms with E-state index < -0.39 is 5.97 Å². The maximum absolute atomic E-state index is 11.9. The van der Waals surface area contributed by atoms with Crippen molar-refractivity contribution in [2.75, 3.05) is 24.6 Å². The van der Waals surface area contributed by atoms with Gasteiger partial charge in [0.05, 0.1) is 6.61 Å². The van der Waals surface area contributed by atoms with E-state index in [2.05, 4.69) is 39.0 Å². The van der Waals surface area contributed by atoms with E-state index in [-0.39, 0.29) is 5.69 Å². The Morgan fingerprint density at radius 3 is 3.14 bits per heavy atom. The van der Waals surface area contributed by atoms with Crippen LogP contribution in [0, 0.1) is 0 Å². The molecule has 0 saturated heterocycles. The largest absolute Gasteiger partial charge is 0.461 e. The second-order valence-corrected chi connectivity index (χ2v) is 5.07. The first-order valence-corrected chi connectivity index (χ1v) is 7.31. The van der Waals surface area contributed by atoms with Gasteiger partial charge < -0.3 is 9.64 Å². The lowest BCUT2D eigenvalue weighted by Crippen LogP contribution is -2.19. The quantitative estimate of drug-likeness (QED) is 0.677. The molecule has 0 aliphatic carbocycles. The standard InChI is InChI=1S/C16H18N4O2/c1-3-8-20-9-7-11-10-12(5-6-13(11)20)14-15(18-19-17-14)16(21)22-4-2/h3,5-6,10H,1,4,7-9H2,2H3,(H,17,18,19). The van der Waals surface area contributed by atoms with Crippen LogP contribution in [-0.2, 0) is 11.2 Å². The average Bonchev–Trinajstić information content (AvgIpc) is 3.14. The first kappa shape index (κ1) is 14.3. The summed E-state index contributed by atoms with van der Waals surface area (Å²) in [6, 6.07) is 6.09. The fourth-order valence-corrected chi connectivity index (χ4v) is 2.74. The number of hydrogen-bond donors (Lipinski definition) is 1. The van der Waals surface area contributed by atoms with Crippen LogP contribution in [0.5, 0.6) is 0 Å². The second-order valence-electron chi connectivity index (χ2n) is 5.07. The van der Waals surface area contributed by atoms with Crippen LogP contribution in [-0.4, -0.2) is 41.1 Å². The summed E-state index contributed by atoms with van der Waals surface area (Å²) in [5.74, 6) is -0.458. The van der Waals surface area contributed by atoms with Gasteiger partial charge in [0.1, 0.15) is 5.69 Å². The molecular formula is C16H18N4O2. The van der Waals surface area contributed by atoms with Crippen LogP contribution >= 0.6 is 0 Å². The molecule has 0 spiro atoms. The highest BCUT2D eigenvalue weighted by Gasteiger charge is 2.22. The van der Waals surface area contributed by atoms with Gasteiger partial charge in [-0.15, -0.1) is 11.7 Å². The van der Waals surface area contributed by atoms with Gasteiger partial charge in [0.15, 0.2) is 5.69 Å². The van der Waals surface area contributed by atoms with E-state index in [0.29, 0.717) is 12.3 Å². The third kappa shape index (κ3) is 2.47. The van der Waals surface area contributed by atoms with E-state index in [9.17, 15) is 4.79 Å². The number of carbonyl (C=O) groups is 1. The molecule has 1 N–H and O–H groups in total. The zero-order valence-corrected chi connectivity index (χ0v) is 12.5. The van der Waals surface area contributed by atoms with Crippen molar-refractivity contribution in [1.82, 2.24) is 15.4 Å². The molecule has 6 heteroatoms. The van der Waals surface area contributed by atoms with Gasteiger partial charge >= 0.3 is 5.97 Å². The van der Waals surface area contributed by atoms with Gasteiger partial charge in [0.2, 0.25) is 0 Å². The number of carbonyl (C=O) groups excluding carboxylic acids is 1. The topological polar surface area (TPSA) is 71.1 Å². The van der Waals surface area contributed by atoms with Gasteiger partial charge in [0.25, 0.3) is 0 Å². The molecule has 1 aromatic heterocycles. The summed E-state index contributed by atoms with van der Waals surface area (Å²) in [5.41, 5.74) is 4.09. The first-order valence-electron chi connectivity index (χ1n) is 7.31. The molecule has 0 amide bonds. The zero-order valence-electron chi connectivity index (χ0n) is 12.5. The molecule has 1 aromatic carbocycles. The zero-order chi connectivity index (χ0) is 15.5. The van der Waals surface area contributed by atoms with Crippen molar-refractivity contribution < 1.29 is 9.53 Å². The minimum absolute atomic E-state index is 0.225. The number of hydrogen-bond acceptors (Lipinski definition) is 5. The van der Waals surface area contributed by atoms with Crippen LogP contribution in [0.15, 0.2) is 30.9 Å². The fourth-order valence-electron chi connectivity index (χ4n) is 2.74. The van der Waals surface area contributed by atoms with E-state index in [1.807, 2.05) is 12.1 Å². The lowest BCUT2D eigenvalue weighted by Gasteiger charge is -2.16. The fraction of sp³-hybridized carbons (Fsp3) is 0.312. The van der Waals surface area contributed by atoms with Crippen molar-refractivity contribution in [2.24, 2.45) is 0 Å². The van der Waals surface area contributed by atoms with Gasteiger partial charge in [-0.1, -0.05) is 12.1 Å². The van der Waals surface area contributed by atoms with Crippen LogP contribution in [0.1, 0.15) is 23.0 Å². The van der Waals surface area contributed by atoms with E-state index in [1.165, 1.54) is 11.3 Å². The lowest BCUT2D eigenvalue weighted by molar-refractivity contribution is 0.0520. The number of ether oxygens (including phenoxy) is 1. The monoisotopic (exact) mass is 298 g/mol. The summed E-state index contributed by atoms with van der Waals surface area (Å²) in [4.78, 5) is 14.2. The molecule has 0 unspecified atom stereocenters. The Kier molecular flexibility index (Phi) is 3.91. The third-order valence-electron chi connectivity index (χ3n) is 3.71. The summed E-state index contributed by atoms with van der Waals surface area (Å²) in [7, 11) is 0. The molecule has 2 heterocycles. The van der Waals surface area contributed by atoms with Gasteiger partial charge in [-0.3, -0.25) is 0 Å². The van der Waals surface area contributed by atoms with Crippen LogP contribution in [0.2, 0.25) is 0 Å². The van der Waals surface area contributed by atoms with Crippen molar-refractivity contribution in [3.63, 3.8) is 0 Å². The van der Waals surface area contributed by atoms with E-state index in [4.69, 9.17) is 4.74 Å². The first-order chi connectivity index (χ1) is 10.7. The number of H-pyrrole nitrogens is 1.